The Morgan fingerprint density at radius 3 is 2.44 bits per heavy atom. The highest BCUT2D eigenvalue weighted by Gasteiger charge is 2.53. The van der Waals surface area contributed by atoms with Crippen LogP contribution in [0.3, 0.4) is 0 Å². The summed E-state index contributed by atoms with van der Waals surface area (Å²) in [7, 11) is 0. The highest BCUT2D eigenvalue weighted by molar-refractivity contribution is 6.46. The van der Waals surface area contributed by atoms with E-state index < -0.39 is 23.2 Å². The average molecular weight is 596 g/mol. The Labute approximate surface area is 252 Å². The number of hydrazine groups is 1. The lowest BCUT2D eigenvalue weighted by Crippen LogP contribution is -2.51. The van der Waals surface area contributed by atoms with Crippen molar-refractivity contribution in [2.24, 2.45) is 33.0 Å². The van der Waals surface area contributed by atoms with Gasteiger partial charge in [0.2, 0.25) is 0 Å². The molecule has 0 bridgehead atoms. The van der Waals surface area contributed by atoms with Gasteiger partial charge >= 0.3 is 0 Å². The van der Waals surface area contributed by atoms with Crippen molar-refractivity contribution < 1.29 is 18.4 Å². The van der Waals surface area contributed by atoms with Crippen LogP contribution in [0.2, 0.25) is 0 Å². The second-order valence-corrected chi connectivity index (χ2v) is 12.2. The maximum Gasteiger partial charge on any atom is 0.275 e. The first-order valence-corrected chi connectivity index (χ1v) is 15.0. The zero-order valence-corrected chi connectivity index (χ0v) is 25.4. The van der Waals surface area contributed by atoms with Crippen molar-refractivity contribution in [1.82, 2.24) is 15.8 Å². The van der Waals surface area contributed by atoms with Crippen LogP contribution in [0.15, 0.2) is 52.6 Å². The molecule has 1 aliphatic carbocycles. The molecule has 2 aliphatic rings. The Kier molecular flexibility index (Phi) is 9.84. The second kappa shape index (κ2) is 13.2. The van der Waals surface area contributed by atoms with E-state index in [2.05, 4.69) is 36.7 Å². The van der Waals surface area contributed by atoms with Crippen LogP contribution in [0.25, 0.3) is 0 Å². The molecule has 232 valence electrons. The fraction of sp³-hybridized carbons (Fsp3) is 0.500. The summed E-state index contributed by atoms with van der Waals surface area (Å²) in [5.41, 5.74) is 8.14. The van der Waals surface area contributed by atoms with Crippen molar-refractivity contribution >= 4 is 23.4 Å². The van der Waals surface area contributed by atoms with Crippen molar-refractivity contribution in [1.29, 1.82) is 0 Å². The normalized spacial score (nSPS) is 21.6. The third-order valence-electron chi connectivity index (χ3n) is 9.27. The summed E-state index contributed by atoms with van der Waals surface area (Å²) in [5.74, 6) is 2.88. The van der Waals surface area contributed by atoms with Gasteiger partial charge in [0, 0.05) is 11.1 Å². The second-order valence-electron chi connectivity index (χ2n) is 12.2. The lowest BCUT2D eigenvalue weighted by atomic mass is 9.67. The Bertz CT molecular complexity index is 1380. The molecule has 0 aromatic heterocycles. The van der Waals surface area contributed by atoms with Crippen LogP contribution in [-0.2, 0) is 4.79 Å². The van der Waals surface area contributed by atoms with E-state index >= 15 is 4.39 Å². The molecule has 4 rings (SSSR count). The van der Waals surface area contributed by atoms with Crippen LogP contribution in [0.1, 0.15) is 100 Å². The van der Waals surface area contributed by atoms with Gasteiger partial charge in [0.1, 0.15) is 17.2 Å². The number of rotatable bonds is 11. The van der Waals surface area contributed by atoms with Crippen molar-refractivity contribution in [3.05, 3.63) is 70.8 Å². The van der Waals surface area contributed by atoms with Gasteiger partial charge in [-0.25, -0.2) is 20.2 Å². The number of nitrogens with one attached hydrogen (secondary N) is 2. The molecule has 1 fully saturated rings. The summed E-state index contributed by atoms with van der Waals surface area (Å²) in [6.07, 6.45) is 5.46. The molecule has 1 atom stereocenters. The number of amides is 2. The van der Waals surface area contributed by atoms with Gasteiger partial charge in [-0.2, -0.15) is 5.10 Å². The number of halogens is 2. The van der Waals surface area contributed by atoms with Gasteiger partial charge in [-0.3, -0.25) is 14.6 Å². The maximum absolute atomic E-state index is 15.0. The fourth-order valence-electron chi connectivity index (χ4n) is 6.38. The molecule has 1 aliphatic heterocycles. The third-order valence-corrected chi connectivity index (χ3v) is 9.27. The zero-order valence-electron chi connectivity index (χ0n) is 25.4. The quantitative estimate of drug-likeness (QED) is 0.126. The van der Waals surface area contributed by atoms with Crippen LogP contribution < -0.4 is 22.4 Å². The molecule has 0 radical (unpaired) electrons. The Hall–Kier alpha value is -3.86. The molecule has 2 aromatic carbocycles. The number of nitrogens with zero attached hydrogens (tertiary/aromatic N) is 3. The van der Waals surface area contributed by atoms with E-state index in [-0.39, 0.29) is 41.0 Å². The Morgan fingerprint density at radius 2 is 1.84 bits per heavy atom. The minimum absolute atomic E-state index is 0.0145. The van der Waals surface area contributed by atoms with E-state index in [0.717, 1.165) is 37.3 Å². The molecule has 1 saturated carbocycles. The summed E-state index contributed by atoms with van der Waals surface area (Å²) in [6, 6.07) is 10.6. The van der Waals surface area contributed by atoms with Crippen molar-refractivity contribution in [3.63, 3.8) is 0 Å². The van der Waals surface area contributed by atoms with Gasteiger partial charge in [0.05, 0.1) is 12.6 Å². The van der Waals surface area contributed by atoms with E-state index in [9.17, 15) is 14.0 Å². The number of carbonyl (C=O) groups excluding carboxylic acids is 2. The molecule has 2 aromatic rings. The van der Waals surface area contributed by atoms with E-state index in [1.165, 1.54) is 12.1 Å². The first kappa shape index (κ1) is 32.1. The maximum atomic E-state index is 15.0. The topological polar surface area (TPSA) is 138 Å². The first-order chi connectivity index (χ1) is 20.5. The van der Waals surface area contributed by atoms with Gasteiger partial charge in [0.25, 0.3) is 11.8 Å². The predicted molar refractivity (Wildman–Crippen MR) is 164 cm³/mol. The summed E-state index contributed by atoms with van der Waals surface area (Å²) in [6.45, 7) is 8.80. The molecule has 6 N–H and O–H groups in total. The number of hydrogen-bond donors (Lipinski definition) is 4. The van der Waals surface area contributed by atoms with E-state index in [0.29, 0.717) is 30.7 Å². The molecule has 9 nitrogen and oxygen atoms in total. The summed E-state index contributed by atoms with van der Waals surface area (Å²) in [4.78, 5) is 33.7. The van der Waals surface area contributed by atoms with Gasteiger partial charge < -0.3 is 16.0 Å². The number of hydrazone groups is 1. The highest BCUT2D eigenvalue weighted by Crippen LogP contribution is 2.50. The molecule has 1 unspecified atom stereocenters. The predicted octanol–water partition coefficient (Wildman–Crippen LogP) is 4.93. The monoisotopic (exact) mass is 595 g/mol. The summed E-state index contributed by atoms with van der Waals surface area (Å²) in [5, 5.41) is 6.30. The molecule has 1 heterocycles. The molecule has 1 spiro atoms. The molecular formula is C32H43F2N7O2. The zero-order chi connectivity index (χ0) is 31.4. The molecule has 2 amide bonds. The number of amidine groups is 1. The Balaban J connectivity index is 1.69. The number of benzene rings is 2. The van der Waals surface area contributed by atoms with Crippen LogP contribution in [0.4, 0.5) is 8.78 Å². The molecule has 0 saturated heterocycles. The Morgan fingerprint density at radius 1 is 1.16 bits per heavy atom. The first-order valence-electron chi connectivity index (χ1n) is 15.0. The number of nitrogens with two attached hydrogens (primary N) is 2. The standard InChI is InChI=1S/C32H43F2N7O2/c1-5-8-25(20-11-13-21(14-12-20)29(42)37-19-26(35)39-40-36)41-30(43)28(23-9-7-10-24(33)27(23)34)38-32(41)17-15-22(16-18-32)31(3,4)6-2/h7,9-14,22,25,40H,5-6,8,15-19,36H2,1-4H3,(H2,35,39)(H,37,42). The molecule has 43 heavy (non-hydrogen) atoms. The van der Waals surface area contributed by atoms with E-state index in [1.807, 2.05) is 24.0 Å². The van der Waals surface area contributed by atoms with Gasteiger partial charge in [-0.15, -0.1) is 0 Å². The van der Waals surface area contributed by atoms with Crippen LogP contribution in [-0.4, -0.2) is 40.5 Å². The SMILES string of the molecule is CCCC(c1ccc(C(=O)NC/C(N)=N/NN)cc1)N1C(=O)C(c2cccc(F)c2F)=NC12CCC(C(C)(C)CC)CC2. The fourth-order valence-corrected chi connectivity index (χ4v) is 6.38. The smallest absolute Gasteiger partial charge is 0.275 e. The third kappa shape index (κ3) is 6.56. The van der Waals surface area contributed by atoms with Crippen molar-refractivity contribution in [2.75, 3.05) is 6.54 Å². The number of hydrogen-bond acceptors (Lipinski definition) is 6. The minimum atomic E-state index is -1.07. The van der Waals surface area contributed by atoms with Crippen LogP contribution >= 0.6 is 0 Å². The van der Waals surface area contributed by atoms with Crippen LogP contribution in [0.5, 0.6) is 0 Å². The van der Waals surface area contributed by atoms with Crippen molar-refractivity contribution in [3.8, 4) is 0 Å². The van der Waals surface area contributed by atoms with E-state index in [4.69, 9.17) is 16.6 Å². The summed E-state index contributed by atoms with van der Waals surface area (Å²) < 4.78 is 29.3. The van der Waals surface area contributed by atoms with Gasteiger partial charge in [-0.1, -0.05) is 58.7 Å². The number of aliphatic imine (C=N–C) groups is 1. The largest absolute Gasteiger partial charge is 0.384 e. The minimum Gasteiger partial charge on any atom is -0.384 e. The summed E-state index contributed by atoms with van der Waals surface area (Å²) >= 11 is 0. The van der Waals surface area contributed by atoms with Crippen molar-refractivity contribution in [2.45, 2.75) is 84.3 Å². The highest BCUT2D eigenvalue weighted by atomic mass is 19.2. The lowest BCUT2D eigenvalue weighted by molar-refractivity contribution is -0.133. The molecule has 11 heteroatoms. The number of carbonyl (C=O) groups is 2. The van der Waals surface area contributed by atoms with Gasteiger partial charge in [-0.05, 0) is 73.3 Å². The molecular weight excluding hydrogens is 552 g/mol. The van der Waals surface area contributed by atoms with Crippen LogP contribution in [0, 0.1) is 23.0 Å². The van der Waals surface area contributed by atoms with Gasteiger partial charge in [0.15, 0.2) is 11.6 Å². The van der Waals surface area contributed by atoms with E-state index in [1.54, 1.807) is 12.1 Å². The average Bonchev–Trinajstić information content (AvgIpc) is 3.27. The lowest BCUT2D eigenvalue weighted by Gasteiger charge is -2.48.